The number of amides is 1. The third-order valence-corrected chi connectivity index (χ3v) is 5.64. The number of benzene rings is 2. The molecule has 0 atom stereocenters. The number of hydrogen-bond donors (Lipinski definition) is 4. The number of anilines is 3. The summed E-state index contributed by atoms with van der Waals surface area (Å²) in [4.78, 5) is 25.1. The largest absolute Gasteiger partial charge is 0.350 e. The van der Waals surface area contributed by atoms with Crippen molar-refractivity contribution in [3.05, 3.63) is 84.6 Å². The first-order valence-corrected chi connectivity index (χ1v) is 10.9. The number of nitrogens with one attached hydrogen (secondary N) is 4. The van der Waals surface area contributed by atoms with Crippen molar-refractivity contribution in [2.24, 2.45) is 0 Å². The summed E-state index contributed by atoms with van der Waals surface area (Å²) in [6.07, 6.45) is 6.59. The van der Waals surface area contributed by atoms with E-state index in [-0.39, 0.29) is 5.91 Å². The third kappa shape index (κ3) is 4.04. The second kappa shape index (κ2) is 8.34. The molecule has 0 unspecified atom stereocenters. The van der Waals surface area contributed by atoms with Gasteiger partial charge in [-0.25, -0.2) is 9.97 Å². The van der Waals surface area contributed by atoms with Gasteiger partial charge in [0.15, 0.2) is 5.82 Å². The van der Waals surface area contributed by atoms with Crippen LogP contribution in [0.4, 0.5) is 17.2 Å². The van der Waals surface area contributed by atoms with Crippen LogP contribution in [0.2, 0.25) is 0 Å². The number of carbonyl (C=O) groups is 1. The average Bonchev–Trinajstić information content (AvgIpc) is 3.52. The van der Waals surface area contributed by atoms with Crippen molar-refractivity contribution in [1.29, 1.82) is 0 Å². The van der Waals surface area contributed by atoms with Crippen LogP contribution < -0.4 is 10.6 Å². The number of aromatic nitrogens is 7. The molecule has 6 aromatic rings. The smallest absolute Gasteiger partial charge is 0.272 e. The number of nitrogens with zero attached hydrogens (tertiary/aromatic N) is 5. The topological polar surface area (TPSA) is 137 Å². The minimum Gasteiger partial charge on any atom is -0.350 e. The van der Waals surface area contributed by atoms with E-state index in [1.54, 1.807) is 24.5 Å². The maximum absolute atomic E-state index is 12.6. The van der Waals surface area contributed by atoms with Crippen LogP contribution in [0.15, 0.2) is 73.3 Å². The van der Waals surface area contributed by atoms with Crippen LogP contribution in [0.1, 0.15) is 16.1 Å². The van der Waals surface area contributed by atoms with E-state index >= 15 is 0 Å². The summed E-state index contributed by atoms with van der Waals surface area (Å²) < 4.78 is 0. The number of aromatic amines is 2. The summed E-state index contributed by atoms with van der Waals surface area (Å²) in [5.41, 5.74) is 5.46. The highest BCUT2D eigenvalue weighted by Gasteiger charge is 2.13. The maximum Gasteiger partial charge on any atom is 0.272 e. The van der Waals surface area contributed by atoms with Crippen molar-refractivity contribution in [2.75, 3.05) is 10.6 Å². The Kier molecular flexibility index (Phi) is 4.88. The molecule has 0 aliphatic carbocycles. The zero-order valence-electron chi connectivity index (χ0n) is 18.6. The van der Waals surface area contributed by atoms with E-state index in [2.05, 4.69) is 41.0 Å². The van der Waals surface area contributed by atoms with E-state index in [9.17, 15) is 4.79 Å². The second-order valence-corrected chi connectivity index (χ2v) is 8.09. The molecule has 0 radical (unpaired) electrons. The van der Waals surface area contributed by atoms with Crippen LogP contribution in [0, 0.1) is 6.92 Å². The van der Waals surface area contributed by atoms with Gasteiger partial charge in [-0.1, -0.05) is 12.1 Å². The Morgan fingerprint density at radius 3 is 2.71 bits per heavy atom. The SMILES string of the molecule is Cc1cnc(-c2ccc3cc(C(=O)Nc4ccnnc4)[nH]c3c2)nc1Nc1ccc2[nH]ncc2c1. The summed E-state index contributed by atoms with van der Waals surface area (Å²) in [7, 11) is 0. The van der Waals surface area contributed by atoms with Gasteiger partial charge in [0.05, 0.1) is 29.8 Å². The van der Waals surface area contributed by atoms with E-state index < -0.39 is 0 Å². The molecular formula is C25H19N9O. The summed E-state index contributed by atoms with van der Waals surface area (Å²) in [5.74, 6) is 1.03. The number of H-pyrrole nitrogens is 2. The Morgan fingerprint density at radius 2 is 1.83 bits per heavy atom. The predicted molar refractivity (Wildman–Crippen MR) is 133 cm³/mol. The first-order valence-electron chi connectivity index (χ1n) is 10.9. The number of carbonyl (C=O) groups excluding carboxylic acids is 1. The molecule has 0 bridgehead atoms. The first kappa shape index (κ1) is 20.5. The molecule has 0 aliphatic rings. The highest BCUT2D eigenvalue weighted by molar-refractivity contribution is 6.06. The maximum atomic E-state index is 12.6. The molecule has 1 amide bonds. The van der Waals surface area contributed by atoms with Crippen molar-refractivity contribution in [2.45, 2.75) is 6.92 Å². The molecule has 4 N–H and O–H groups in total. The quantitative estimate of drug-likeness (QED) is 0.294. The third-order valence-electron chi connectivity index (χ3n) is 5.64. The molecule has 4 heterocycles. The van der Waals surface area contributed by atoms with Gasteiger partial charge in [0.25, 0.3) is 5.91 Å². The number of aryl methyl sites for hydroxylation is 1. The van der Waals surface area contributed by atoms with E-state index in [0.717, 1.165) is 44.4 Å². The van der Waals surface area contributed by atoms with Gasteiger partial charge in [-0.3, -0.25) is 9.89 Å². The van der Waals surface area contributed by atoms with Crippen LogP contribution in [0.5, 0.6) is 0 Å². The second-order valence-electron chi connectivity index (χ2n) is 8.09. The van der Waals surface area contributed by atoms with Crippen molar-refractivity contribution in [3.8, 4) is 11.4 Å². The molecule has 170 valence electrons. The fourth-order valence-electron chi connectivity index (χ4n) is 3.82. The standard InChI is InChI=1S/C25H19N9O/c1-14-11-26-24(33-23(14)30-18-4-5-20-17(8-18)12-29-34-20)16-3-2-15-9-22(32-21(15)10-16)25(35)31-19-6-7-27-28-13-19/h2-13,32H,1H3,(H,29,34)(H,26,30,33)(H,27,31,35). The van der Waals surface area contributed by atoms with Crippen molar-refractivity contribution in [3.63, 3.8) is 0 Å². The molecule has 0 aliphatic heterocycles. The van der Waals surface area contributed by atoms with Gasteiger partial charge in [0, 0.05) is 39.3 Å². The molecule has 6 rings (SSSR count). The Hall–Kier alpha value is -5.12. The lowest BCUT2D eigenvalue weighted by atomic mass is 10.1. The Balaban J connectivity index is 1.28. The molecule has 0 fully saturated rings. The van der Waals surface area contributed by atoms with Gasteiger partial charge in [-0.15, -0.1) is 0 Å². The fraction of sp³-hybridized carbons (Fsp3) is 0.0400. The Bertz CT molecular complexity index is 1690. The van der Waals surface area contributed by atoms with E-state index in [4.69, 9.17) is 4.98 Å². The summed E-state index contributed by atoms with van der Waals surface area (Å²) in [6.45, 7) is 1.96. The number of hydrogen-bond acceptors (Lipinski definition) is 7. The van der Waals surface area contributed by atoms with Crippen LogP contribution in [0.25, 0.3) is 33.2 Å². The van der Waals surface area contributed by atoms with Crippen LogP contribution >= 0.6 is 0 Å². The normalized spacial score (nSPS) is 11.1. The summed E-state index contributed by atoms with van der Waals surface area (Å²) in [5, 5.41) is 22.6. The van der Waals surface area contributed by atoms with Gasteiger partial charge in [0.1, 0.15) is 11.5 Å². The fourth-order valence-corrected chi connectivity index (χ4v) is 3.82. The Morgan fingerprint density at radius 1 is 0.886 bits per heavy atom. The van der Waals surface area contributed by atoms with Crippen molar-refractivity contribution in [1.82, 2.24) is 35.3 Å². The van der Waals surface area contributed by atoms with Crippen molar-refractivity contribution < 1.29 is 4.79 Å². The zero-order valence-corrected chi connectivity index (χ0v) is 18.6. The molecule has 0 saturated carbocycles. The minimum absolute atomic E-state index is 0.261. The van der Waals surface area contributed by atoms with E-state index in [0.29, 0.717) is 17.2 Å². The molecule has 2 aromatic carbocycles. The molecule has 10 heteroatoms. The highest BCUT2D eigenvalue weighted by atomic mass is 16.1. The lowest BCUT2D eigenvalue weighted by Crippen LogP contribution is -2.12. The zero-order chi connectivity index (χ0) is 23.8. The van der Waals surface area contributed by atoms with Crippen LogP contribution in [-0.4, -0.2) is 41.3 Å². The van der Waals surface area contributed by atoms with Gasteiger partial charge in [-0.05, 0) is 43.3 Å². The first-order chi connectivity index (χ1) is 17.1. The molecule has 35 heavy (non-hydrogen) atoms. The lowest BCUT2D eigenvalue weighted by molar-refractivity contribution is 0.102. The average molecular weight is 461 g/mol. The van der Waals surface area contributed by atoms with E-state index in [1.807, 2.05) is 43.3 Å². The van der Waals surface area contributed by atoms with Crippen molar-refractivity contribution >= 4 is 44.9 Å². The molecule has 10 nitrogen and oxygen atoms in total. The summed E-state index contributed by atoms with van der Waals surface area (Å²) in [6, 6.07) is 15.3. The van der Waals surface area contributed by atoms with Gasteiger partial charge >= 0.3 is 0 Å². The Labute approximate surface area is 198 Å². The highest BCUT2D eigenvalue weighted by Crippen LogP contribution is 2.26. The molecule has 0 spiro atoms. The predicted octanol–water partition coefficient (Wildman–Crippen LogP) is 4.60. The van der Waals surface area contributed by atoms with Gasteiger partial charge in [-0.2, -0.15) is 15.3 Å². The number of fused-ring (bicyclic) bond motifs is 2. The van der Waals surface area contributed by atoms with Crippen LogP contribution in [-0.2, 0) is 0 Å². The molecule has 4 aromatic heterocycles. The lowest BCUT2D eigenvalue weighted by Gasteiger charge is -2.10. The summed E-state index contributed by atoms with van der Waals surface area (Å²) >= 11 is 0. The molecule has 0 saturated heterocycles. The van der Waals surface area contributed by atoms with E-state index in [1.165, 1.54) is 12.4 Å². The van der Waals surface area contributed by atoms with Gasteiger partial charge in [0.2, 0.25) is 0 Å². The molecular weight excluding hydrogens is 442 g/mol. The van der Waals surface area contributed by atoms with Crippen LogP contribution in [0.3, 0.4) is 0 Å². The van der Waals surface area contributed by atoms with Gasteiger partial charge < -0.3 is 15.6 Å². The number of rotatable bonds is 5. The minimum atomic E-state index is -0.261. The monoisotopic (exact) mass is 461 g/mol.